The van der Waals surface area contributed by atoms with E-state index in [-0.39, 0.29) is 23.4 Å². The molecule has 2 aromatic carbocycles. The van der Waals surface area contributed by atoms with Gasteiger partial charge >= 0.3 is 6.03 Å². The minimum absolute atomic E-state index is 0.00394. The number of benzene rings is 2. The second-order valence-corrected chi connectivity index (χ2v) is 9.74. The Hall–Kier alpha value is -2.87. The monoisotopic (exact) mass is 443 g/mol. The number of hydrogen-bond acceptors (Lipinski definition) is 4. The van der Waals surface area contributed by atoms with Gasteiger partial charge in [-0.1, -0.05) is 49.1 Å². The van der Waals surface area contributed by atoms with Crippen molar-refractivity contribution >= 4 is 22.0 Å². The van der Waals surface area contributed by atoms with Gasteiger partial charge in [-0.05, 0) is 56.0 Å². The smallest absolute Gasteiger partial charge is 0.328 e. The van der Waals surface area contributed by atoms with Crippen molar-refractivity contribution in [3.63, 3.8) is 0 Å². The Labute approximate surface area is 183 Å². The molecular formula is C23H29N3O4S. The highest BCUT2D eigenvalue weighted by Crippen LogP contribution is 2.17. The zero-order valence-corrected chi connectivity index (χ0v) is 18.7. The summed E-state index contributed by atoms with van der Waals surface area (Å²) in [6.07, 6.45) is 4.97. The van der Waals surface area contributed by atoms with E-state index >= 15 is 0 Å². The first-order valence-electron chi connectivity index (χ1n) is 10.5. The SMILES string of the molecule is Cc1ccc(C(=O)NCc2ccc(S(=O)(=O)NC(=O)NC3CCCCC3)cc2)c(C)c1. The molecule has 3 N–H and O–H groups in total. The van der Waals surface area contributed by atoms with Crippen LogP contribution in [-0.2, 0) is 16.6 Å². The number of hydrogen-bond donors (Lipinski definition) is 3. The molecule has 1 aliphatic rings. The summed E-state index contributed by atoms with van der Waals surface area (Å²) >= 11 is 0. The molecule has 0 bridgehead atoms. The molecule has 8 heteroatoms. The lowest BCUT2D eigenvalue weighted by Crippen LogP contribution is -2.45. The van der Waals surface area contributed by atoms with Crippen molar-refractivity contribution in [2.75, 3.05) is 0 Å². The third-order valence-electron chi connectivity index (χ3n) is 5.48. The van der Waals surface area contributed by atoms with Crippen LogP contribution in [0.2, 0.25) is 0 Å². The lowest BCUT2D eigenvalue weighted by molar-refractivity contribution is 0.0950. The van der Waals surface area contributed by atoms with Crippen LogP contribution in [0.4, 0.5) is 4.79 Å². The molecule has 1 saturated carbocycles. The minimum atomic E-state index is -3.96. The van der Waals surface area contributed by atoms with Gasteiger partial charge in [0.1, 0.15) is 0 Å². The highest BCUT2D eigenvalue weighted by molar-refractivity contribution is 7.90. The van der Waals surface area contributed by atoms with Crippen LogP contribution in [0, 0.1) is 13.8 Å². The second-order valence-electron chi connectivity index (χ2n) is 8.06. The first-order chi connectivity index (χ1) is 14.7. The molecule has 3 amide bonds. The van der Waals surface area contributed by atoms with Gasteiger partial charge < -0.3 is 10.6 Å². The Morgan fingerprint density at radius 3 is 2.29 bits per heavy atom. The fourth-order valence-corrected chi connectivity index (χ4v) is 4.69. The standard InChI is InChI=1S/C23H29N3O4S/c1-16-8-13-21(17(2)14-16)22(27)24-15-18-9-11-20(12-10-18)31(29,30)26-23(28)25-19-6-4-3-5-7-19/h8-14,19H,3-7,15H2,1-2H3,(H,24,27)(H2,25,26,28). The van der Waals surface area contributed by atoms with Crippen LogP contribution in [0.15, 0.2) is 47.4 Å². The quantitative estimate of drug-likeness (QED) is 0.635. The molecular weight excluding hydrogens is 414 g/mol. The molecule has 2 aromatic rings. The molecule has 1 fully saturated rings. The molecule has 0 heterocycles. The van der Waals surface area contributed by atoms with Gasteiger partial charge in [0.15, 0.2) is 0 Å². The van der Waals surface area contributed by atoms with Crippen molar-refractivity contribution in [2.45, 2.75) is 63.4 Å². The molecule has 7 nitrogen and oxygen atoms in total. The fraction of sp³-hybridized carbons (Fsp3) is 0.391. The predicted octanol–water partition coefficient (Wildman–Crippen LogP) is 3.55. The first kappa shape index (κ1) is 22.8. The first-order valence-corrected chi connectivity index (χ1v) is 12.0. The zero-order valence-electron chi connectivity index (χ0n) is 17.9. The molecule has 166 valence electrons. The van der Waals surface area contributed by atoms with Gasteiger partial charge in [-0.25, -0.2) is 17.9 Å². The van der Waals surface area contributed by atoms with Crippen molar-refractivity contribution in [3.05, 3.63) is 64.7 Å². The Morgan fingerprint density at radius 2 is 1.65 bits per heavy atom. The minimum Gasteiger partial charge on any atom is -0.348 e. The van der Waals surface area contributed by atoms with Gasteiger partial charge in [0.25, 0.3) is 15.9 Å². The average molecular weight is 444 g/mol. The van der Waals surface area contributed by atoms with Crippen molar-refractivity contribution in [1.29, 1.82) is 0 Å². The van der Waals surface area contributed by atoms with Crippen LogP contribution < -0.4 is 15.4 Å². The molecule has 0 aromatic heterocycles. The maximum atomic E-state index is 12.5. The van der Waals surface area contributed by atoms with Crippen LogP contribution in [0.1, 0.15) is 59.2 Å². The normalized spacial score (nSPS) is 14.6. The predicted molar refractivity (Wildman–Crippen MR) is 119 cm³/mol. The van der Waals surface area contributed by atoms with Crippen molar-refractivity contribution in [2.24, 2.45) is 0 Å². The molecule has 0 saturated heterocycles. The number of nitrogens with one attached hydrogen (secondary N) is 3. The number of carbonyl (C=O) groups is 2. The molecule has 0 atom stereocenters. The van der Waals surface area contributed by atoms with E-state index in [1.54, 1.807) is 18.2 Å². The van der Waals surface area contributed by atoms with Gasteiger partial charge in [0.05, 0.1) is 4.90 Å². The number of carbonyl (C=O) groups excluding carboxylic acids is 2. The van der Waals surface area contributed by atoms with E-state index in [4.69, 9.17) is 0 Å². The van der Waals surface area contributed by atoms with E-state index in [9.17, 15) is 18.0 Å². The maximum Gasteiger partial charge on any atom is 0.328 e. The number of sulfonamides is 1. The summed E-state index contributed by atoms with van der Waals surface area (Å²) in [4.78, 5) is 24.5. The van der Waals surface area contributed by atoms with Gasteiger partial charge in [0, 0.05) is 18.2 Å². The van der Waals surface area contributed by atoms with E-state index in [0.29, 0.717) is 5.56 Å². The summed E-state index contributed by atoms with van der Waals surface area (Å²) in [6.45, 7) is 4.12. The summed E-state index contributed by atoms with van der Waals surface area (Å²) in [6, 6.07) is 11.0. The fourth-order valence-electron chi connectivity index (χ4n) is 3.78. The molecule has 1 aliphatic carbocycles. The summed E-state index contributed by atoms with van der Waals surface area (Å²) in [5.41, 5.74) is 3.35. The van der Waals surface area contributed by atoms with E-state index in [1.165, 1.54) is 12.1 Å². The van der Waals surface area contributed by atoms with Crippen LogP contribution >= 0.6 is 0 Å². The van der Waals surface area contributed by atoms with Crippen LogP contribution in [-0.4, -0.2) is 26.4 Å². The largest absolute Gasteiger partial charge is 0.348 e. The molecule has 0 radical (unpaired) electrons. The summed E-state index contributed by atoms with van der Waals surface area (Å²) in [5.74, 6) is -0.185. The van der Waals surface area contributed by atoms with Crippen LogP contribution in [0.5, 0.6) is 0 Å². The topological polar surface area (TPSA) is 104 Å². The number of aryl methyl sites for hydroxylation is 2. The third kappa shape index (κ3) is 6.30. The molecule has 3 rings (SSSR count). The summed E-state index contributed by atoms with van der Waals surface area (Å²) < 4.78 is 27.0. The van der Waals surface area contributed by atoms with Gasteiger partial charge in [-0.3, -0.25) is 4.79 Å². The van der Waals surface area contributed by atoms with E-state index in [2.05, 4.69) is 15.4 Å². The summed E-state index contributed by atoms with van der Waals surface area (Å²) in [5, 5.41) is 5.58. The third-order valence-corrected chi connectivity index (χ3v) is 6.83. The van der Waals surface area contributed by atoms with Gasteiger partial charge in [-0.2, -0.15) is 0 Å². The lowest BCUT2D eigenvalue weighted by Gasteiger charge is -2.22. The van der Waals surface area contributed by atoms with E-state index in [1.807, 2.05) is 26.0 Å². The number of urea groups is 1. The maximum absolute atomic E-state index is 12.5. The Bertz CT molecular complexity index is 1040. The second kappa shape index (κ2) is 9.96. The van der Waals surface area contributed by atoms with Gasteiger partial charge in [0.2, 0.25) is 0 Å². The van der Waals surface area contributed by atoms with Crippen molar-refractivity contribution in [1.82, 2.24) is 15.4 Å². The van der Waals surface area contributed by atoms with Crippen LogP contribution in [0.3, 0.4) is 0 Å². The Balaban J connectivity index is 1.55. The molecule has 0 spiro atoms. The van der Waals surface area contributed by atoms with Crippen molar-refractivity contribution < 1.29 is 18.0 Å². The van der Waals surface area contributed by atoms with Gasteiger partial charge in [-0.15, -0.1) is 0 Å². The number of amides is 3. The van der Waals surface area contributed by atoms with Crippen LogP contribution in [0.25, 0.3) is 0 Å². The highest BCUT2D eigenvalue weighted by atomic mass is 32.2. The molecule has 31 heavy (non-hydrogen) atoms. The lowest BCUT2D eigenvalue weighted by atomic mass is 9.96. The Kier molecular flexibility index (Phi) is 7.33. The summed E-state index contributed by atoms with van der Waals surface area (Å²) in [7, 11) is -3.96. The Morgan fingerprint density at radius 1 is 0.968 bits per heavy atom. The van der Waals surface area contributed by atoms with E-state index < -0.39 is 16.1 Å². The highest BCUT2D eigenvalue weighted by Gasteiger charge is 2.21. The van der Waals surface area contributed by atoms with E-state index in [0.717, 1.165) is 48.8 Å². The number of rotatable bonds is 6. The average Bonchev–Trinajstić information content (AvgIpc) is 2.72. The zero-order chi connectivity index (χ0) is 22.4. The molecule has 0 unspecified atom stereocenters. The molecule has 0 aliphatic heterocycles. The van der Waals surface area contributed by atoms with Crippen molar-refractivity contribution in [3.8, 4) is 0 Å².